The summed E-state index contributed by atoms with van der Waals surface area (Å²) in [6.07, 6.45) is -0.877. The van der Waals surface area contributed by atoms with Gasteiger partial charge in [0.15, 0.2) is 5.69 Å². The summed E-state index contributed by atoms with van der Waals surface area (Å²) in [5.41, 5.74) is -2.83. The number of rotatable bonds is 17. The van der Waals surface area contributed by atoms with Crippen molar-refractivity contribution in [3.05, 3.63) is 23.9 Å². The number of sulfonamides is 1. The van der Waals surface area contributed by atoms with Crippen molar-refractivity contribution in [2.75, 3.05) is 20.2 Å². The van der Waals surface area contributed by atoms with Crippen LogP contribution in [-0.2, 0) is 30.3 Å². The van der Waals surface area contributed by atoms with Gasteiger partial charge in [0.2, 0.25) is 34.1 Å². The van der Waals surface area contributed by atoms with Crippen molar-refractivity contribution in [1.82, 2.24) is 30.2 Å². The molecule has 1 aliphatic heterocycles. The molecule has 2 aromatic rings. The molecular weight excluding hydrogens is 756 g/mol. The lowest BCUT2D eigenvalue weighted by Gasteiger charge is -2.26. The molecule has 4 fully saturated rings. The lowest BCUT2D eigenvalue weighted by Crippen LogP contribution is -2.57. The van der Waals surface area contributed by atoms with E-state index >= 15 is 8.78 Å². The van der Waals surface area contributed by atoms with Gasteiger partial charge < -0.3 is 30.1 Å². The number of nitrogens with zero attached hydrogens (tertiary/aromatic N) is 3. The molecule has 4 amide bonds. The highest BCUT2D eigenvalue weighted by Crippen LogP contribution is 2.48. The second-order valence-electron chi connectivity index (χ2n) is 14.8. The number of amides is 4. The Morgan fingerprint density at radius 1 is 1.07 bits per heavy atom. The summed E-state index contributed by atoms with van der Waals surface area (Å²) in [5.74, 6) is -8.41. The van der Waals surface area contributed by atoms with Crippen molar-refractivity contribution >= 4 is 44.9 Å². The molecule has 3 saturated carbocycles. The Balaban J connectivity index is 1.25. The quantitative estimate of drug-likeness (QED) is 0.134. The summed E-state index contributed by atoms with van der Waals surface area (Å²) in [7, 11) is -2.79. The van der Waals surface area contributed by atoms with E-state index in [1.54, 1.807) is 4.72 Å². The van der Waals surface area contributed by atoms with Crippen LogP contribution in [0.3, 0.4) is 0 Å². The van der Waals surface area contributed by atoms with E-state index in [0.717, 1.165) is 37.0 Å². The highest BCUT2D eigenvalue weighted by Gasteiger charge is 2.66. The van der Waals surface area contributed by atoms with Gasteiger partial charge >= 0.3 is 6.09 Å². The Kier molecular flexibility index (Phi) is 11.6. The second-order valence-corrected chi connectivity index (χ2v) is 16.8. The summed E-state index contributed by atoms with van der Waals surface area (Å²) in [4.78, 5) is 60.9. The van der Waals surface area contributed by atoms with Crippen molar-refractivity contribution in [2.45, 2.75) is 112 Å². The number of fused-ring (bicyclic) bond motifs is 1. The number of benzene rings is 1. The minimum absolute atomic E-state index is 0.124. The molecule has 0 spiro atoms. The van der Waals surface area contributed by atoms with Gasteiger partial charge in [-0.3, -0.25) is 19.1 Å². The topological polar surface area (TPSA) is 206 Å². The summed E-state index contributed by atoms with van der Waals surface area (Å²) < 4.78 is 98.0. The fraction of sp³-hybridized carbons (Fsp3) is 0.657. The summed E-state index contributed by atoms with van der Waals surface area (Å²) in [5, 5.41) is 12.3. The number of alkyl halides is 4. The average Bonchev–Trinajstić information content (AvgIpc) is 4.02. The van der Waals surface area contributed by atoms with Gasteiger partial charge in [-0.05, 0) is 43.7 Å². The number of methoxy groups -OCH3 is 1. The van der Waals surface area contributed by atoms with Crippen molar-refractivity contribution in [2.24, 2.45) is 11.8 Å². The summed E-state index contributed by atoms with van der Waals surface area (Å²) in [6.45, 7) is -1.29. The van der Waals surface area contributed by atoms with Crippen LogP contribution in [0.1, 0.15) is 82.7 Å². The van der Waals surface area contributed by atoms with Crippen LogP contribution in [0.25, 0.3) is 11.0 Å². The first-order valence-corrected chi connectivity index (χ1v) is 19.9. The number of aromatic nitrogens is 2. The highest BCUT2D eigenvalue weighted by molar-refractivity contribution is 7.91. The number of unbranched alkanes of at least 4 members (excludes halogenated alkanes) is 1. The van der Waals surface area contributed by atoms with Crippen molar-refractivity contribution in [1.29, 1.82) is 0 Å². The molecule has 2 heterocycles. The molecule has 0 bridgehead atoms. The van der Waals surface area contributed by atoms with Crippen molar-refractivity contribution in [3.63, 3.8) is 0 Å². The number of carbonyl (C=O) groups is 4. The predicted octanol–water partition coefficient (Wildman–Crippen LogP) is 3.85. The number of ether oxygens (including phenoxy) is 2. The molecule has 20 heteroatoms. The standard InChI is InChI=1S/C35H44F4N6O9S/c1-53-20-9-12-24-25(14-20)42-31(28(41-24)35(38,39)13-5-4-8-19-6-2-3-7-19)54-21-15-26(45(18-21)27(46)17-40-33(49)50)30(47)43-34(16-23(34)29(36)37)32(48)44-55(51,52)22-10-11-22/h9,12,14,19,21-23,26,29,40H,2-8,10-11,13,15-18H2,1H3,(H,43,47)(H,44,48)(H,49,50)/t21-,23+,26+,34-/m1/s1. The number of halogens is 4. The van der Waals surface area contributed by atoms with Crippen LogP contribution >= 0.6 is 0 Å². The zero-order valence-corrected chi connectivity index (χ0v) is 30.9. The molecule has 0 radical (unpaired) electrons. The van der Waals surface area contributed by atoms with Gasteiger partial charge in [0, 0.05) is 18.9 Å². The van der Waals surface area contributed by atoms with E-state index in [1.807, 2.05) is 5.32 Å². The number of hydrogen-bond acceptors (Lipinski definition) is 10. The Labute approximate surface area is 314 Å². The average molecular weight is 801 g/mol. The van der Waals surface area contributed by atoms with Gasteiger partial charge in [0.05, 0.1) is 35.9 Å². The zero-order valence-electron chi connectivity index (χ0n) is 30.1. The summed E-state index contributed by atoms with van der Waals surface area (Å²) >= 11 is 0. The van der Waals surface area contributed by atoms with Crippen LogP contribution in [0.4, 0.5) is 22.4 Å². The number of hydrogen-bond donors (Lipinski definition) is 4. The number of nitrogens with one attached hydrogen (secondary N) is 3. The molecule has 4 N–H and O–H groups in total. The Morgan fingerprint density at radius 2 is 1.80 bits per heavy atom. The minimum Gasteiger partial charge on any atom is -0.497 e. The molecule has 55 heavy (non-hydrogen) atoms. The van der Waals surface area contributed by atoms with Crippen molar-refractivity contribution < 1.29 is 59.7 Å². The van der Waals surface area contributed by atoms with Gasteiger partial charge in [0.25, 0.3) is 11.8 Å². The Hall–Kier alpha value is -4.49. The molecule has 4 atom stereocenters. The van der Waals surface area contributed by atoms with Crippen LogP contribution in [0.2, 0.25) is 0 Å². The molecule has 0 unspecified atom stereocenters. The predicted molar refractivity (Wildman–Crippen MR) is 186 cm³/mol. The van der Waals surface area contributed by atoms with E-state index in [9.17, 15) is 36.4 Å². The molecule has 6 rings (SSSR count). The fourth-order valence-corrected chi connectivity index (χ4v) is 8.88. The largest absolute Gasteiger partial charge is 0.497 e. The van der Waals surface area contributed by atoms with E-state index in [4.69, 9.17) is 14.6 Å². The van der Waals surface area contributed by atoms with Gasteiger partial charge in [-0.15, -0.1) is 0 Å². The van der Waals surface area contributed by atoms with Crippen LogP contribution < -0.4 is 24.8 Å². The van der Waals surface area contributed by atoms with Crippen LogP contribution in [-0.4, -0.2) is 102 Å². The number of carbonyl (C=O) groups excluding carboxylic acids is 3. The maximum Gasteiger partial charge on any atom is 0.405 e. The maximum absolute atomic E-state index is 16.1. The molecule has 1 saturated heterocycles. The first kappa shape index (κ1) is 40.2. The molecule has 15 nitrogen and oxygen atoms in total. The van der Waals surface area contributed by atoms with Gasteiger partial charge in [-0.1, -0.05) is 38.5 Å². The molecule has 4 aliphatic rings. The molecule has 3 aliphatic carbocycles. The Morgan fingerprint density at radius 3 is 2.44 bits per heavy atom. The smallest absolute Gasteiger partial charge is 0.405 e. The number of carboxylic acid groups (broad SMARTS) is 1. The van der Waals surface area contributed by atoms with Crippen LogP contribution in [0, 0.1) is 11.8 Å². The molecule has 1 aromatic carbocycles. The lowest BCUT2D eigenvalue weighted by molar-refractivity contribution is -0.139. The molecular formula is C35H44F4N6O9S. The summed E-state index contributed by atoms with van der Waals surface area (Å²) in [6, 6.07) is 2.87. The fourth-order valence-electron chi connectivity index (χ4n) is 7.52. The highest BCUT2D eigenvalue weighted by atomic mass is 32.2. The monoisotopic (exact) mass is 800 g/mol. The van der Waals surface area contributed by atoms with Gasteiger partial charge in [-0.2, -0.15) is 8.78 Å². The third-order valence-corrected chi connectivity index (χ3v) is 12.7. The van der Waals surface area contributed by atoms with Crippen LogP contribution in [0.15, 0.2) is 18.2 Å². The lowest BCUT2D eigenvalue weighted by atomic mass is 9.98. The van der Waals surface area contributed by atoms with Gasteiger partial charge in [0.1, 0.15) is 30.0 Å². The molecule has 302 valence electrons. The minimum atomic E-state index is -4.19. The van der Waals surface area contributed by atoms with E-state index in [1.165, 1.54) is 25.3 Å². The van der Waals surface area contributed by atoms with Gasteiger partial charge in [-0.25, -0.2) is 32.0 Å². The van der Waals surface area contributed by atoms with Crippen LogP contribution in [0.5, 0.6) is 11.6 Å². The third-order valence-electron chi connectivity index (χ3n) is 10.8. The first-order valence-electron chi connectivity index (χ1n) is 18.4. The first-order chi connectivity index (χ1) is 26.0. The zero-order chi connectivity index (χ0) is 39.7. The Bertz CT molecular complexity index is 1910. The SMILES string of the molecule is COc1ccc2nc(C(F)(F)CCCCC3CCCC3)c(O[C@@H]3C[C@@H](C(=O)N[C@]4(C(=O)NS(=O)(=O)C5CC5)C[C@H]4C(F)F)N(C(=O)CNC(=O)O)C3)nc2c1. The molecule has 1 aromatic heterocycles. The normalized spacial score (nSPS) is 24.2. The maximum atomic E-state index is 16.1. The van der Waals surface area contributed by atoms with E-state index in [0.29, 0.717) is 18.1 Å². The van der Waals surface area contributed by atoms with E-state index in [2.05, 4.69) is 15.3 Å². The third kappa shape index (κ3) is 9.15. The second kappa shape index (κ2) is 15.9. The van der Waals surface area contributed by atoms with Crippen molar-refractivity contribution in [3.8, 4) is 11.6 Å². The van der Waals surface area contributed by atoms with E-state index in [-0.39, 0.29) is 30.3 Å². The van der Waals surface area contributed by atoms with E-state index < -0.39 is 119 Å². The number of likely N-dealkylation sites (tertiary alicyclic amines) is 1.